The molecule has 4 rings (SSSR count). The normalized spacial score (nSPS) is 33.5. The van der Waals surface area contributed by atoms with Gasteiger partial charge in [-0.05, 0) is 43.9 Å². The van der Waals surface area contributed by atoms with E-state index in [1.165, 1.54) is 25.7 Å². The maximum absolute atomic E-state index is 13.0. The Balaban J connectivity index is 1.34. The van der Waals surface area contributed by atoms with Crippen LogP contribution in [0.4, 0.5) is 0 Å². The van der Waals surface area contributed by atoms with Crippen LogP contribution in [0.25, 0.3) is 0 Å². The van der Waals surface area contributed by atoms with E-state index in [1.807, 2.05) is 6.92 Å². The van der Waals surface area contributed by atoms with Crippen LogP contribution in [-0.2, 0) is 11.2 Å². The van der Waals surface area contributed by atoms with E-state index >= 15 is 0 Å². The lowest BCUT2D eigenvalue weighted by molar-refractivity contribution is -0.135. The summed E-state index contributed by atoms with van der Waals surface area (Å²) in [6.45, 7) is 3.55. The van der Waals surface area contributed by atoms with Gasteiger partial charge in [-0.2, -0.15) is 4.98 Å². The Hall–Kier alpha value is -1.43. The van der Waals surface area contributed by atoms with E-state index in [2.05, 4.69) is 20.4 Å². The fraction of sp³-hybridized carbons (Fsp3) is 0.833. The van der Waals surface area contributed by atoms with Gasteiger partial charge in [0.15, 0.2) is 5.82 Å². The zero-order valence-corrected chi connectivity index (χ0v) is 14.5. The summed E-state index contributed by atoms with van der Waals surface area (Å²) in [5.74, 6) is 2.88. The first-order valence-corrected chi connectivity index (χ1v) is 9.53. The van der Waals surface area contributed by atoms with Crippen LogP contribution in [0.2, 0.25) is 0 Å². The lowest BCUT2D eigenvalue weighted by Crippen LogP contribution is -2.49. The Labute approximate surface area is 143 Å². The second-order valence-electron chi connectivity index (χ2n) is 7.83. The van der Waals surface area contributed by atoms with Gasteiger partial charge in [-0.15, -0.1) is 0 Å². The molecule has 24 heavy (non-hydrogen) atoms. The number of amides is 1. The van der Waals surface area contributed by atoms with Crippen LogP contribution in [-0.4, -0.2) is 46.1 Å². The van der Waals surface area contributed by atoms with Crippen LogP contribution in [0.15, 0.2) is 4.52 Å². The first kappa shape index (κ1) is 16.1. The van der Waals surface area contributed by atoms with Crippen molar-refractivity contribution in [2.24, 2.45) is 11.8 Å². The molecule has 132 valence electrons. The molecule has 2 aliphatic heterocycles. The summed E-state index contributed by atoms with van der Waals surface area (Å²) >= 11 is 0. The average molecular weight is 332 g/mol. The van der Waals surface area contributed by atoms with E-state index in [-0.39, 0.29) is 6.04 Å². The van der Waals surface area contributed by atoms with Gasteiger partial charge in [0.1, 0.15) is 0 Å². The summed E-state index contributed by atoms with van der Waals surface area (Å²) < 4.78 is 5.06. The minimum absolute atomic E-state index is 0.0456. The van der Waals surface area contributed by atoms with Gasteiger partial charge in [0.25, 0.3) is 0 Å². The molecule has 0 radical (unpaired) electrons. The zero-order valence-electron chi connectivity index (χ0n) is 14.5. The first-order chi connectivity index (χ1) is 11.7. The van der Waals surface area contributed by atoms with Gasteiger partial charge in [-0.3, -0.25) is 4.79 Å². The van der Waals surface area contributed by atoms with Crippen molar-refractivity contribution in [3.8, 4) is 0 Å². The standard InChI is InChI=1S/C18H28N4O2/c1-12-19-17(21-24-12)9-13-5-4-8-22(11-13)18(23)16-10-14-6-2-3-7-15(14)20-16/h13-16,20H,2-11H2,1H3/t13-,14-,15-,16-/m0/s1. The lowest BCUT2D eigenvalue weighted by atomic mass is 9.85. The lowest BCUT2D eigenvalue weighted by Gasteiger charge is -2.34. The van der Waals surface area contributed by atoms with Gasteiger partial charge in [0.2, 0.25) is 11.8 Å². The third-order valence-electron chi connectivity index (χ3n) is 6.03. The first-order valence-electron chi connectivity index (χ1n) is 9.53. The molecular weight excluding hydrogens is 304 g/mol. The van der Waals surface area contributed by atoms with Crippen LogP contribution < -0.4 is 5.32 Å². The zero-order chi connectivity index (χ0) is 16.5. The molecule has 4 atom stereocenters. The SMILES string of the molecule is Cc1nc(C[C@@H]2CCCN(C(=O)[C@@H]3C[C@@H]4CCCC[C@@H]4N3)C2)no1. The molecule has 6 nitrogen and oxygen atoms in total. The Kier molecular flexibility index (Phi) is 4.57. The molecule has 6 heteroatoms. The summed E-state index contributed by atoms with van der Waals surface area (Å²) in [5, 5.41) is 7.63. The molecule has 1 aliphatic carbocycles. The number of aryl methyl sites for hydroxylation is 1. The molecule has 0 aromatic carbocycles. The number of piperidine rings is 1. The van der Waals surface area contributed by atoms with E-state index in [1.54, 1.807) is 0 Å². The maximum atomic E-state index is 13.0. The van der Waals surface area contributed by atoms with Crippen LogP contribution in [0.5, 0.6) is 0 Å². The number of nitrogens with one attached hydrogen (secondary N) is 1. The van der Waals surface area contributed by atoms with Crippen molar-refractivity contribution in [2.75, 3.05) is 13.1 Å². The summed E-state index contributed by atoms with van der Waals surface area (Å²) in [5.41, 5.74) is 0. The average Bonchev–Trinajstić information content (AvgIpc) is 3.20. The number of nitrogens with zero attached hydrogens (tertiary/aromatic N) is 3. The summed E-state index contributed by atoms with van der Waals surface area (Å²) in [4.78, 5) is 19.3. The van der Waals surface area contributed by atoms with Crippen molar-refractivity contribution in [3.63, 3.8) is 0 Å². The quantitative estimate of drug-likeness (QED) is 0.917. The van der Waals surface area contributed by atoms with Gasteiger partial charge in [0.05, 0.1) is 6.04 Å². The van der Waals surface area contributed by atoms with E-state index in [4.69, 9.17) is 4.52 Å². The molecule has 1 saturated carbocycles. The predicted octanol–water partition coefficient (Wildman–Crippen LogP) is 2.08. The van der Waals surface area contributed by atoms with Crippen molar-refractivity contribution < 1.29 is 9.32 Å². The third-order valence-corrected chi connectivity index (χ3v) is 6.03. The molecule has 1 amide bonds. The van der Waals surface area contributed by atoms with Crippen molar-refractivity contribution in [3.05, 3.63) is 11.7 Å². The van der Waals surface area contributed by atoms with Gasteiger partial charge >= 0.3 is 0 Å². The summed E-state index contributed by atoms with van der Waals surface area (Å²) in [6.07, 6.45) is 9.24. The number of aromatic nitrogens is 2. The third kappa shape index (κ3) is 3.34. The van der Waals surface area contributed by atoms with E-state index in [9.17, 15) is 4.79 Å². The van der Waals surface area contributed by atoms with Crippen LogP contribution in [0.3, 0.4) is 0 Å². The second kappa shape index (κ2) is 6.82. The number of hydrogen-bond acceptors (Lipinski definition) is 5. The van der Waals surface area contributed by atoms with E-state index < -0.39 is 0 Å². The molecular formula is C18H28N4O2. The minimum atomic E-state index is 0.0456. The van der Waals surface area contributed by atoms with E-state index in [0.29, 0.717) is 23.8 Å². The number of carbonyl (C=O) groups is 1. The number of likely N-dealkylation sites (tertiary alicyclic amines) is 1. The number of hydrogen-bond donors (Lipinski definition) is 1. The molecule has 1 N–H and O–H groups in total. The Morgan fingerprint density at radius 2 is 2.17 bits per heavy atom. The molecule has 1 aromatic rings. The molecule has 3 fully saturated rings. The minimum Gasteiger partial charge on any atom is -0.341 e. The number of fused-ring (bicyclic) bond motifs is 1. The summed E-state index contributed by atoms with van der Waals surface area (Å²) in [6, 6.07) is 0.625. The highest BCUT2D eigenvalue weighted by atomic mass is 16.5. The van der Waals surface area contributed by atoms with Crippen molar-refractivity contribution in [1.29, 1.82) is 0 Å². The molecule has 0 spiro atoms. The fourth-order valence-electron chi connectivity index (χ4n) is 4.85. The molecule has 0 bridgehead atoms. The van der Waals surface area contributed by atoms with Gasteiger partial charge in [0, 0.05) is 32.5 Å². The van der Waals surface area contributed by atoms with Crippen LogP contribution >= 0.6 is 0 Å². The Morgan fingerprint density at radius 3 is 2.96 bits per heavy atom. The topological polar surface area (TPSA) is 71.3 Å². The predicted molar refractivity (Wildman–Crippen MR) is 89.3 cm³/mol. The number of rotatable bonds is 3. The number of carbonyl (C=O) groups excluding carboxylic acids is 1. The van der Waals surface area contributed by atoms with Crippen molar-refractivity contribution >= 4 is 5.91 Å². The van der Waals surface area contributed by atoms with E-state index in [0.717, 1.165) is 50.5 Å². The Morgan fingerprint density at radius 1 is 1.29 bits per heavy atom. The highest BCUT2D eigenvalue weighted by Gasteiger charge is 2.40. The maximum Gasteiger partial charge on any atom is 0.239 e. The smallest absolute Gasteiger partial charge is 0.239 e. The highest BCUT2D eigenvalue weighted by Crippen LogP contribution is 2.34. The monoisotopic (exact) mass is 332 g/mol. The van der Waals surface area contributed by atoms with Crippen molar-refractivity contribution in [2.45, 2.75) is 70.4 Å². The largest absolute Gasteiger partial charge is 0.341 e. The highest BCUT2D eigenvalue weighted by molar-refractivity contribution is 5.82. The van der Waals surface area contributed by atoms with Gasteiger partial charge in [-0.25, -0.2) is 0 Å². The molecule has 3 heterocycles. The summed E-state index contributed by atoms with van der Waals surface area (Å²) in [7, 11) is 0. The molecule has 1 aromatic heterocycles. The second-order valence-corrected chi connectivity index (χ2v) is 7.83. The molecule has 3 aliphatic rings. The van der Waals surface area contributed by atoms with Crippen molar-refractivity contribution in [1.82, 2.24) is 20.4 Å². The van der Waals surface area contributed by atoms with Gasteiger partial charge < -0.3 is 14.7 Å². The fourth-order valence-corrected chi connectivity index (χ4v) is 4.85. The molecule has 0 unspecified atom stereocenters. The van der Waals surface area contributed by atoms with Crippen LogP contribution in [0.1, 0.15) is 56.7 Å². The van der Waals surface area contributed by atoms with Crippen LogP contribution in [0, 0.1) is 18.8 Å². The molecule has 2 saturated heterocycles. The Bertz CT molecular complexity index is 573. The van der Waals surface area contributed by atoms with Gasteiger partial charge in [-0.1, -0.05) is 18.0 Å².